The number of aromatic nitrogens is 4. The number of fused-ring (bicyclic) bond motifs is 2. The molecule has 0 saturated heterocycles. The van der Waals surface area contributed by atoms with Crippen LogP contribution in [0.3, 0.4) is 0 Å². The summed E-state index contributed by atoms with van der Waals surface area (Å²) in [4.78, 5) is 19.0. The van der Waals surface area contributed by atoms with E-state index in [9.17, 15) is 0 Å². The Hall–Kier alpha value is -4.33. The van der Waals surface area contributed by atoms with Gasteiger partial charge >= 0.3 is 0 Å². The van der Waals surface area contributed by atoms with E-state index < -0.39 is 0 Å². The van der Waals surface area contributed by atoms with Gasteiger partial charge in [0.05, 0.1) is 19.2 Å². The zero-order valence-electron chi connectivity index (χ0n) is 21.9. The van der Waals surface area contributed by atoms with E-state index in [0.717, 1.165) is 63.2 Å². The molecule has 5 rings (SSSR count). The number of hydrogen-bond acceptors (Lipinski definition) is 7. The summed E-state index contributed by atoms with van der Waals surface area (Å²) in [6.45, 7) is 7.51. The number of anilines is 3. The molecule has 3 heterocycles. The molecule has 0 fully saturated rings. The standard InChI is InChI=1S/C29H32N6O2/c1-18-11-21-14-22(7-8-25(21)33-18)34-29-24-15-27(36-5)28(16-26(24)30-17-31-29)37-10-6-9-35(4)23-12-19(2)32-20(3)13-23/h7-8,11-17,33H,6,9-10H2,1-5H3,(H,30,31,34). The third kappa shape index (κ3) is 5.43. The maximum atomic E-state index is 6.13. The van der Waals surface area contributed by atoms with Crippen LogP contribution in [0.2, 0.25) is 0 Å². The molecule has 0 saturated carbocycles. The van der Waals surface area contributed by atoms with Crippen molar-refractivity contribution in [2.45, 2.75) is 27.2 Å². The highest BCUT2D eigenvalue weighted by Crippen LogP contribution is 2.35. The van der Waals surface area contributed by atoms with Gasteiger partial charge in [-0.3, -0.25) is 4.98 Å². The minimum atomic E-state index is 0.557. The number of rotatable bonds is 9. The molecule has 2 aromatic carbocycles. The molecule has 3 aromatic heterocycles. The van der Waals surface area contributed by atoms with Gasteiger partial charge in [0.1, 0.15) is 12.1 Å². The van der Waals surface area contributed by atoms with Gasteiger partial charge in [-0.2, -0.15) is 0 Å². The van der Waals surface area contributed by atoms with Crippen LogP contribution >= 0.6 is 0 Å². The zero-order valence-corrected chi connectivity index (χ0v) is 21.9. The van der Waals surface area contributed by atoms with Crippen molar-refractivity contribution in [2.24, 2.45) is 0 Å². The first-order valence-corrected chi connectivity index (χ1v) is 12.4. The van der Waals surface area contributed by atoms with E-state index in [1.807, 2.05) is 32.0 Å². The summed E-state index contributed by atoms with van der Waals surface area (Å²) in [6.07, 6.45) is 2.42. The van der Waals surface area contributed by atoms with E-state index in [0.29, 0.717) is 23.9 Å². The van der Waals surface area contributed by atoms with E-state index in [4.69, 9.17) is 9.47 Å². The first kappa shape index (κ1) is 24.4. The Labute approximate surface area is 216 Å². The fraction of sp³-hybridized carbons (Fsp3) is 0.276. The fourth-order valence-corrected chi connectivity index (χ4v) is 4.57. The highest BCUT2D eigenvalue weighted by molar-refractivity contribution is 5.94. The van der Waals surface area contributed by atoms with E-state index in [-0.39, 0.29) is 0 Å². The predicted octanol–water partition coefficient (Wildman–Crippen LogP) is 6.09. The summed E-state index contributed by atoms with van der Waals surface area (Å²) in [5, 5.41) is 5.44. The molecule has 0 aliphatic rings. The molecule has 8 nitrogen and oxygen atoms in total. The van der Waals surface area contributed by atoms with Gasteiger partial charge in [0.2, 0.25) is 0 Å². The largest absolute Gasteiger partial charge is 0.493 e. The third-order valence-corrected chi connectivity index (χ3v) is 6.34. The maximum absolute atomic E-state index is 6.13. The molecule has 0 bridgehead atoms. The number of ether oxygens (including phenoxy) is 2. The smallest absolute Gasteiger partial charge is 0.163 e. The minimum absolute atomic E-state index is 0.557. The van der Waals surface area contributed by atoms with Crippen LogP contribution in [0.4, 0.5) is 17.2 Å². The first-order valence-electron chi connectivity index (χ1n) is 12.4. The second-order valence-corrected chi connectivity index (χ2v) is 9.35. The fourth-order valence-electron chi connectivity index (χ4n) is 4.57. The molecule has 0 unspecified atom stereocenters. The van der Waals surface area contributed by atoms with E-state index in [2.05, 4.69) is 74.5 Å². The number of hydrogen-bond donors (Lipinski definition) is 2. The second-order valence-electron chi connectivity index (χ2n) is 9.35. The Bertz CT molecular complexity index is 1540. The van der Waals surface area contributed by atoms with E-state index in [1.54, 1.807) is 13.4 Å². The Kier molecular flexibility index (Phi) is 6.81. The average Bonchev–Trinajstić information content (AvgIpc) is 3.25. The summed E-state index contributed by atoms with van der Waals surface area (Å²) in [7, 11) is 3.74. The topological polar surface area (TPSA) is 88.2 Å². The Balaban J connectivity index is 1.29. The zero-order chi connectivity index (χ0) is 25.9. The lowest BCUT2D eigenvalue weighted by molar-refractivity contribution is 0.291. The number of nitrogens with one attached hydrogen (secondary N) is 2. The normalized spacial score (nSPS) is 11.2. The van der Waals surface area contributed by atoms with Gasteiger partial charge in [-0.25, -0.2) is 9.97 Å². The molecule has 0 aliphatic carbocycles. The molecule has 0 atom stereocenters. The number of aromatic amines is 1. The van der Waals surface area contributed by atoms with Gasteiger partial charge in [0, 0.05) is 64.4 Å². The lowest BCUT2D eigenvalue weighted by Gasteiger charge is -2.20. The highest BCUT2D eigenvalue weighted by Gasteiger charge is 2.13. The van der Waals surface area contributed by atoms with Crippen LogP contribution in [0.5, 0.6) is 11.5 Å². The maximum Gasteiger partial charge on any atom is 0.163 e. The van der Waals surface area contributed by atoms with Crippen molar-refractivity contribution in [1.82, 2.24) is 19.9 Å². The van der Waals surface area contributed by atoms with Crippen molar-refractivity contribution in [3.05, 3.63) is 71.9 Å². The van der Waals surface area contributed by atoms with Crippen LogP contribution in [0.25, 0.3) is 21.8 Å². The van der Waals surface area contributed by atoms with Crippen LogP contribution in [-0.2, 0) is 0 Å². The summed E-state index contributed by atoms with van der Waals surface area (Å²) < 4.78 is 11.8. The van der Waals surface area contributed by atoms with Crippen LogP contribution in [-0.4, -0.2) is 47.2 Å². The SMILES string of the molecule is COc1cc2c(Nc3ccc4[nH]c(C)cc4c3)ncnc2cc1OCCCN(C)c1cc(C)nc(C)c1. The Morgan fingerprint density at radius 2 is 1.76 bits per heavy atom. The van der Waals surface area contributed by atoms with Gasteiger partial charge in [0.15, 0.2) is 11.5 Å². The quantitative estimate of drug-likeness (QED) is 0.239. The molecule has 0 aliphatic heterocycles. The summed E-state index contributed by atoms with van der Waals surface area (Å²) in [6, 6.07) is 16.4. The lowest BCUT2D eigenvalue weighted by Crippen LogP contribution is -2.20. The lowest BCUT2D eigenvalue weighted by atomic mass is 10.2. The van der Waals surface area contributed by atoms with Crippen molar-refractivity contribution in [3.63, 3.8) is 0 Å². The summed E-state index contributed by atoms with van der Waals surface area (Å²) in [5.41, 5.74) is 7.18. The minimum Gasteiger partial charge on any atom is -0.493 e. The van der Waals surface area contributed by atoms with Crippen LogP contribution in [0, 0.1) is 20.8 Å². The highest BCUT2D eigenvalue weighted by atomic mass is 16.5. The summed E-state index contributed by atoms with van der Waals surface area (Å²) >= 11 is 0. The first-order chi connectivity index (χ1) is 17.9. The summed E-state index contributed by atoms with van der Waals surface area (Å²) in [5.74, 6) is 2.03. The van der Waals surface area contributed by atoms with Crippen molar-refractivity contribution < 1.29 is 9.47 Å². The van der Waals surface area contributed by atoms with Crippen LogP contribution in [0.1, 0.15) is 23.5 Å². The number of H-pyrrole nitrogens is 1. The van der Waals surface area contributed by atoms with Gasteiger partial charge in [0.25, 0.3) is 0 Å². The van der Waals surface area contributed by atoms with Crippen LogP contribution < -0.4 is 19.7 Å². The monoisotopic (exact) mass is 496 g/mol. The molecule has 37 heavy (non-hydrogen) atoms. The van der Waals surface area contributed by atoms with Gasteiger partial charge in [-0.15, -0.1) is 0 Å². The average molecular weight is 497 g/mol. The molecule has 0 radical (unpaired) electrons. The molecule has 8 heteroatoms. The molecule has 0 amide bonds. The number of benzene rings is 2. The van der Waals surface area contributed by atoms with Crippen molar-refractivity contribution >= 4 is 39.0 Å². The van der Waals surface area contributed by atoms with Crippen molar-refractivity contribution in [1.29, 1.82) is 0 Å². The third-order valence-electron chi connectivity index (χ3n) is 6.34. The molecular weight excluding hydrogens is 464 g/mol. The van der Waals surface area contributed by atoms with E-state index >= 15 is 0 Å². The Morgan fingerprint density at radius 3 is 2.54 bits per heavy atom. The molecule has 190 valence electrons. The molecule has 2 N–H and O–H groups in total. The molecular formula is C29H32N6O2. The number of nitrogens with zero attached hydrogens (tertiary/aromatic N) is 4. The van der Waals surface area contributed by atoms with Crippen molar-refractivity contribution in [3.8, 4) is 11.5 Å². The number of pyridine rings is 1. The molecule has 0 spiro atoms. The number of methoxy groups -OCH3 is 1. The van der Waals surface area contributed by atoms with E-state index in [1.165, 1.54) is 0 Å². The van der Waals surface area contributed by atoms with Crippen LogP contribution in [0.15, 0.2) is 54.9 Å². The number of aryl methyl sites for hydroxylation is 3. The second kappa shape index (κ2) is 10.3. The Morgan fingerprint density at radius 1 is 0.946 bits per heavy atom. The van der Waals surface area contributed by atoms with Gasteiger partial charge in [-0.1, -0.05) is 0 Å². The van der Waals surface area contributed by atoms with Gasteiger partial charge < -0.3 is 24.7 Å². The predicted molar refractivity (Wildman–Crippen MR) is 150 cm³/mol. The van der Waals surface area contributed by atoms with Gasteiger partial charge in [-0.05, 0) is 69.7 Å². The molecule has 5 aromatic rings. The van der Waals surface area contributed by atoms with Crippen molar-refractivity contribution in [2.75, 3.05) is 37.5 Å².